The van der Waals surface area contributed by atoms with Crippen LogP contribution < -0.4 is 4.90 Å². The van der Waals surface area contributed by atoms with Crippen LogP contribution in [0.25, 0.3) is 0 Å². The Balaban J connectivity index is 2.27. The van der Waals surface area contributed by atoms with Gasteiger partial charge in [0.1, 0.15) is 11.6 Å². The minimum Gasteiger partial charge on any atom is -0.354 e. The molecule has 2 nitrogen and oxygen atoms in total. The number of halogens is 2. The van der Waals surface area contributed by atoms with Gasteiger partial charge in [0.2, 0.25) is 0 Å². The Morgan fingerprint density at radius 3 is 2.50 bits per heavy atom. The van der Waals surface area contributed by atoms with E-state index in [-0.39, 0.29) is 5.54 Å². The maximum Gasteiger partial charge on any atom is 0.149 e. The van der Waals surface area contributed by atoms with Gasteiger partial charge in [-0.2, -0.15) is 0 Å². The first-order chi connectivity index (χ1) is 7.40. The van der Waals surface area contributed by atoms with Gasteiger partial charge >= 0.3 is 0 Å². The Morgan fingerprint density at radius 1 is 1.31 bits per heavy atom. The molecule has 0 spiro atoms. The molecule has 0 amide bonds. The predicted octanol–water partition coefficient (Wildman–Crippen LogP) is 2.61. The topological polar surface area (TPSA) is 6.48 Å². The molecule has 1 fully saturated rings. The van der Waals surface area contributed by atoms with Crippen LogP contribution in [0, 0.1) is 11.6 Å². The van der Waals surface area contributed by atoms with Crippen molar-refractivity contribution in [3.63, 3.8) is 0 Å². The predicted molar refractivity (Wildman–Crippen MR) is 64.2 cm³/mol. The lowest BCUT2D eigenvalue weighted by molar-refractivity contribution is 0.334. The van der Waals surface area contributed by atoms with E-state index in [9.17, 15) is 8.78 Å². The van der Waals surface area contributed by atoms with Crippen LogP contribution in [-0.2, 0) is 0 Å². The first-order valence-corrected chi connectivity index (χ1v) is 5.64. The second-order valence-electron chi connectivity index (χ2n) is 4.72. The first kappa shape index (κ1) is 11.7. The van der Waals surface area contributed by atoms with Crippen LogP contribution >= 0.6 is 9.39 Å². The Kier molecular flexibility index (Phi) is 2.89. The van der Waals surface area contributed by atoms with Crippen molar-refractivity contribution in [3.05, 3.63) is 29.8 Å². The van der Waals surface area contributed by atoms with Crippen molar-refractivity contribution >= 4 is 15.1 Å². The summed E-state index contributed by atoms with van der Waals surface area (Å²) in [6.45, 7) is 5.52. The lowest BCUT2D eigenvalue weighted by Gasteiger charge is -2.24. The summed E-state index contributed by atoms with van der Waals surface area (Å²) < 4.78 is 28.4. The molecule has 0 radical (unpaired) electrons. The van der Waals surface area contributed by atoms with E-state index in [0.717, 1.165) is 12.6 Å². The lowest BCUT2D eigenvalue weighted by atomic mass is 10.1. The van der Waals surface area contributed by atoms with Crippen LogP contribution in [0.5, 0.6) is 0 Å². The second kappa shape index (κ2) is 3.94. The highest BCUT2D eigenvalue weighted by atomic mass is 31.0. The molecule has 2 rings (SSSR count). The Bertz CT molecular complexity index is 409. The van der Waals surface area contributed by atoms with E-state index in [4.69, 9.17) is 0 Å². The van der Waals surface area contributed by atoms with Gasteiger partial charge in [0.05, 0.1) is 12.4 Å². The van der Waals surface area contributed by atoms with Crippen molar-refractivity contribution in [2.75, 3.05) is 18.1 Å². The summed E-state index contributed by atoms with van der Waals surface area (Å²) in [6.07, 6.45) is 0. The average molecular weight is 244 g/mol. The number of hydrogen-bond donors (Lipinski definition) is 0. The lowest BCUT2D eigenvalue weighted by Crippen LogP contribution is -2.33. The van der Waals surface area contributed by atoms with Crippen molar-refractivity contribution in [2.24, 2.45) is 0 Å². The summed E-state index contributed by atoms with van der Waals surface area (Å²) in [5, 5.41) is 0. The van der Waals surface area contributed by atoms with Gasteiger partial charge in [0, 0.05) is 18.2 Å². The molecular formula is C11H15F2N2P. The number of anilines is 1. The van der Waals surface area contributed by atoms with Gasteiger partial charge < -0.3 is 4.90 Å². The quantitative estimate of drug-likeness (QED) is 0.701. The standard InChI is InChI=1S/C11H15F2N2P/c1-11(2)6-14(7-15(11)16)10-4-3-8(12)5-9(10)13/h3-5H,6-7,16H2,1-2H3. The second-order valence-corrected chi connectivity index (χ2v) is 5.34. The van der Waals surface area contributed by atoms with Gasteiger partial charge in [-0.3, -0.25) is 4.67 Å². The smallest absolute Gasteiger partial charge is 0.149 e. The van der Waals surface area contributed by atoms with Crippen molar-refractivity contribution in [3.8, 4) is 0 Å². The molecule has 1 unspecified atom stereocenters. The van der Waals surface area contributed by atoms with E-state index < -0.39 is 11.6 Å². The maximum atomic E-state index is 13.6. The van der Waals surface area contributed by atoms with Gasteiger partial charge in [0.25, 0.3) is 0 Å². The highest BCUT2D eigenvalue weighted by Gasteiger charge is 2.35. The zero-order chi connectivity index (χ0) is 11.9. The molecule has 0 aromatic heterocycles. The molecule has 0 bridgehead atoms. The highest BCUT2D eigenvalue weighted by Crippen LogP contribution is 2.32. The van der Waals surface area contributed by atoms with E-state index in [1.807, 2.05) is 4.90 Å². The molecule has 16 heavy (non-hydrogen) atoms. The summed E-state index contributed by atoms with van der Waals surface area (Å²) >= 11 is 0. The molecule has 0 saturated carbocycles. The van der Waals surface area contributed by atoms with Crippen LogP contribution in [0.15, 0.2) is 18.2 Å². The van der Waals surface area contributed by atoms with Crippen molar-refractivity contribution < 1.29 is 8.78 Å². The Morgan fingerprint density at radius 2 is 2.00 bits per heavy atom. The normalized spacial score (nSPS) is 20.4. The van der Waals surface area contributed by atoms with Crippen molar-refractivity contribution in [1.82, 2.24) is 4.67 Å². The summed E-state index contributed by atoms with van der Waals surface area (Å²) in [4.78, 5) is 1.90. The third-order valence-corrected chi connectivity index (χ3v) is 3.79. The molecule has 1 aromatic rings. The van der Waals surface area contributed by atoms with Crippen LogP contribution in [0.4, 0.5) is 14.5 Å². The van der Waals surface area contributed by atoms with Crippen LogP contribution in [0.3, 0.4) is 0 Å². The number of benzene rings is 1. The highest BCUT2D eigenvalue weighted by molar-refractivity contribution is 7.13. The summed E-state index contributed by atoms with van der Waals surface area (Å²) in [7, 11) is 2.64. The largest absolute Gasteiger partial charge is 0.354 e. The van der Waals surface area contributed by atoms with Gasteiger partial charge in [-0.1, -0.05) is 9.39 Å². The fraction of sp³-hybridized carbons (Fsp3) is 0.455. The molecule has 1 aliphatic heterocycles. The molecule has 88 valence electrons. The van der Waals surface area contributed by atoms with Gasteiger partial charge in [-0.05, 0) is 26.0 Å². The molecule has 1 aromatic carbocycles. The zero-order valence-electron chi connectivity index (χ0n) is 9.37. The first-order valence-electron chi connectivity index (χ1n) is 5.12. The molecule has 1 atom stereocenters. The minimum absolute atomic E-state index is 0.0223. The van der Waals surface area contributed by atoms with Crippen molar-refractivity contribution in [2.45, 2.75) is 19.4 Å². The van der Waals surface area contributed by atoms with E-state index in [1.54, 1.807) is 0 Å². The molecule has 5 heteroatoms. The average Bonchev–Trinajstić information content (AvgIpc) is 2.40. The number of rotatable bonds is 1. The zero-order valence-corrected chi connectivity index (χ0v) is 10.5. The maximum absolute atomic E-state index is 13.6. The van der Waals surface area contributed by atoms with Gasteiger partial charge in [0.15, 0.2) is 0 Å². The fourth-order valence-electron chi connectivity index (χ4n) is 1.88. The van der Waals surface area contributed by atoms with Gasteiger partial charge in [-0.15, -0.1) is 0 Å². The third-order valence-electron chi connectivity index (χ3n) is 2.93. The number of hydrogen-bond acceptors (Lipinski definition) is 2. The molecule has 1 saturated heterocycles. The molecule has 0 aliphatic carbocycles. The fourth-order valence-corrected chi connectivity index (χ4v) is 2.16. The van der Waals surface area contributed by atoms with Gasteiger partial charge in [-0.25, -0.2) is 8.78 Å². The summed E-state index contributed by atoms with van der Waals surface area (Å²) in [5.41, 5.74) is 0.435. The van der Waals surface area contributed by atoms with Crippen LogP contribution in [0.2, 0.25) is 0 Å². The number of nitrogens with zero attached hydrogens (tertiary/aromatic N) is 2. The summed E-state index contributed by atoms with van der Waals surface area (Å²) in [6, 6.07) is 3.70. The van der Waals surface area contributed by atoms with Crippen LogP contribution in [0.1, 0.15) is 13.8 Å². The Labute approximate surface area is 96.5 Å². The molecular weight excluding hydrogens is 229 g/mol. The SMILES string of the molecule is CC1(C)CN(c2ccc(F)cc2F)CN1P. The third kappa shape index (κ3) is 2.04. The van der Waals surface area contributed by atoms with E-state index >= 15 is 0 Å². The van der Waals surface area contributed by atoms with Crippen molar-refractivity contribution in [1.29, 1.82) is 0 Å². The molecule has 1 aliphatic rings. The Hall–Kier alpha value is -0.730. The minimum atomic E-state index is -0.539. The monoisotopic (exact) mass is 244 g/mol. The molecule has 1 heterocycles. The summed E-state index contributed by atoms with van der Waals surface area (Å²) in [5.74, 6) is -1.04. The molecule has 0 N–H and O–H groups in total. The van der Waals surface area contributed by atoms with E-state index in [0.29, 0.717) is 12.4 Å². The van der Waals surface area contributed by atoms with E-state index in [2.05, 4.69) is 27.9 Å². The van der Waals surface area contributed by atoms with Crippen LogP contribution in [-0.4, -0.2) is 23.4 Å². The van der Waals surface area contributed by atoms with E-state index in [1.165, 1.54) is 12.1 Å².